The molecule has 5 nitrogen and oxygen atoms in total. The number of benzene rings is 1. The van der Waals surface area contributed by atoms with Crippen LogP contribution in [0.2, 0.25) is 0 Å². The van der Waals surface area contributed by atoms with E-state index in [0.29, 0.717) is 12.4 Å². The molecule has 0 amide bonds. The van der Waals surface area contributed by atoms with Gasteiger partial charge in [0.1, 0.15) is 23.6 Å². The zero-order chi connectivity index (χ0) is 13.5. The van der Waals surface area contributed by atoms with Crippen LogP contribution in [0.15, 0.2) is 18.2 Å². The van der Waals surface area contributed by atoms with Crippen LogP contribution in [0.4, 0.5) is 0 Å². The molecule has 1 unspecified atom stereocenters. The van der Waals surface area contributed by atoms with Crippen molar-refractivity contribution in [2.75, 3.05) is 13.7 Å². The monoisotopic (exact) mass is 251 g/mol. The molecule has 1 aromatic carbocycles. The van der Waals surface area contributed by atoms with Gasteiger partial charge in [0.25, 0.3) is 0 Å². The zero-order valence-electron chi connectivity index (χ0n) is 10.7. The Kier molecular flexibility index (Phi) is 2.94. The van der Waals surface area contributed by atoms with Gasteiger partial charge in [0, 0.05) is 11.6 Å². The van der Waals surface area contributed by atoms with Crippen molar-refractivity contribution in [2.24, 2.45) is 0 Å². The van der Waals surface area contributed by atoms with Crippen molar-refractivity contribution in [3.05, 3.63) is 23.8 Å². The van der Waals surface area contributed by atoms with Crippen LogP contribution in [-0.4, -0.2) is 40.3 Å². The number of aromatic hydroxyl groups is 1. The van der Waals surface area contributed by atoms with Crippen molar-refractivity contribution in [1.82, 2.24) is 4.90 Å². The highest BCUT2D eigenvalue weighted by Gasteiger charge is 2.40. The molecule has 2 rings (SSSR count). The van der Waals surface area contributed by atoms with Crippen LogP contribution in [0.3, 0.4) is 0 Å². The number of phenols is 1. The molecule has 1 atom stereocenters. The molecule has 0 saturated heterocycles. The number of carboxylic acids is 1. The Morgan fingerprint density at radius 1 is 1.50 bits per heavy atom. The number of phenolic OH excluding ortho intramolecular Hbond substituents is 1. The Hall–Kier alpha value is -1.75. The van der Waals surface area contributed by atoms with E-state index in [1.165, 1.54) is 0 Å². The number of fused-ring (bicyclic) bond motifs is 1. The number of hydrogen-bond acceptors (Lipinski definition) is 4. The van der Waals surface area contributed by atoms with E-state index < -0.39 is 11.5 Å². The number of aliphatic carboxylic acids is 1. The summed E-state index contributed by atoms with van der Waals surface area (Å²) in [5, 5.41) is 18.6. The third-order valence-electron chi connectivity index (χ3n) is 3.63. The van der Waals surface area contributed by atoms with Gasteiger partial charge in [-0.15, -0.1) is 0 Å². The van der Waals surface area contributed by atoms with E-state index in [9.17, 15) is 15.0 Å². The number of rotatable bonds is 3. The average molecular weight is 251 g/mol. The first-order valence-corrected chi connectivity index (χ1v) is 5.76. The molecule has 2 N–H and O–H groups in total. The summed E-state index contributed by atoms with van der Waals surface area (Å²) in [7, 11) is 1.77. The van der Waals surface area contributed by atoms with E-state index in [1.54, 1.807) is 44.0 Å². The molecule has 1 aliphatic heterocycles. The molecule has 0 aromatic heterocycles. The molecule has 0 spiro atoms. The lowest BCUT2D eigenvalue weighted by Gasteiger charge is -2.35. The lowest BCUT2D eigenvalue weighted by atomic mass is 9.98. The molecule has 0 saturated carbocycles. The minimum absolute atomic E-state index is 0.119. The maximum atomic E-state index is 11.3. The third-order valence-corrected chi connectivity index (χ3v) is 3.63. The van der Waals surface area contributed by atoms with Gasteiger partial charge in [-0.25, -0.2) is 0 Å². The first-order valence-electron chi connectivity index (χ1n) is 5.76. The van der Waals surface area contributed by atoms with Gasteiger partial charge in [-0.2, -0.15) is 0 Å². The number of hydrogen-bond donors (Lipinski definition) is 2. The van der Waals surface area contributed by atoms with Crippen LogP contribution in [0.5, 0.6) is 11.5 Å². The van der Waals surface area contributed by atoms with Gasteiger partial charge in [-0.05, 0) is 33.0 Å². The summed E-state index contributed by atoms with van der Waals surface area (Å²) in [4.78, 5) is 13.0. The molecule has 18 heavy (non-hydrogen) atoms. The molecular formula is C13H17NO4. The van der Waals surface area contributed by atoms with Crippen molar-refractivity contribution in [1.29, 1.82) is 0 Å². The summed E-state index contributed by atoms with van der Waals surface area (Å²) in [6.07, 6.45) is 0. The van der Waals surface area contributed by atoms with Crippen LogP contribution in [-0.2, 0) is 4.79 Å². The largest absolute Gasteiger partial charge is 0.508 e. The second-order valence-electron chi connectivity index (χ2n) is 5.02. The van der Waals surface area contributed by atoms with Gasteiger partial charge in [-0.3, -0.25) is 9.69 Å². The molecule has 0 radical (unpaired) electrons. The van der Waals surface area contributed by atoms with Crippen LogP contribution in [0.1, 0.15) is 25.5 Å². The standard InChI is InChI=1S/C13H17NO4/c1-13(2,12(16)17)14(3)10-7-18-11-6-8(15)4-5-9(10)11/h4-6,10,15H,7H2,1-3H3,(H,16,17). The highest BCUT2D eigenvalue weighted by molar-refractivity contribution is 5.77. The number of nitrogens with zero attached hydrogens (tertiary/aromatic N) is 1. The molecule has 0 aliphatic carbocycles. The molecule has 5 heteroatoms. The first-order chi connectivity index (χ1) is 8.34. The van der Waals surface area contributed by atoms with Crippen LogP contribution in [0.25, 0.3) is 0 Å². The quantitative estimate of drug-likeness (QED) is 0.854. The number of carboxylic acid groups (broad SMARTS) is 1. The fourth-order valence-electron chi connectivity index (χ4n) is 2.04. The van der Waals surface area contributed by atoms with E-state index in [0.717, 1.165) is 5.56 Å². The van der Waals surface area contributed by atoms with E-state index >= 15 is 0 Å². The predicted octanol–water partition coefficient (Wildman–Crippen LogP) is 1.62. The van der Waals surface area contributed by atoms with Crippen LogP contribution in [0, 0.1) is 0 Å². The Bertz CT molecular complexity index is 484. The summed E-state index contributed by atoms with van der Waals surface area (Å²) in [5.74, 6) is -0.111. The summed E-state index contributed by atoms with van der Waals surface area (Å²) in [6.45, 7) is 3.72. The number of ether oxygens (including phenoxy) is 1. The van der Waals surface area contributed by atoms with Gasteiger partial charge < -0.3 is 14.9 Å². The highest BCUT2D eigenvalue weighted by atomic mass is 16.5. The molecule has 1 heterocycles. The van der Waals surface area contributed by atoms with E-state index in [2.05, 4.69) is 0 Å². The smallest absolute Gasteiger partial charge is 0.323 e. The van der Waals surface area contributed by atoms with Gasteiger partial charge in [0.2, 0.25) is 0 Å². The minimum Gasteiger partial charge on any atom is -0.508 e. The van der Waals surface area contributed by atoms with E-state index in [-0.39, 0.29) is 11.8 Å². The van der Waals surface area contributed by atoms with Gasteiger partial charge >= 0.3 is 5.97 Å². The Morgan fingerprint density at radius 2 is 2.17 bits per heavy atom. The molecule has 0 bridgehead atoms. The lowest BCUT2D eigenvalue weighted by molar-refractivity contribution is -0.150. The summed E-state index contributed by atoms with van der Waals surface area (Å²) in [6, 6.07) is 4.79. The summed E-state index contributed by atoms with van der Waals surface area (Å²) >= 11 is 0. The fraction of sp³-hybridized carbons (Fsp3) is 0.462. The first kappa shape index (κ1) is 12.7. The van der Waals surface area contributed by atoms with E-state index in [1.807, 2.05) is 0 Å². The highest BCUT2D eigenvalue weighted by Crippen LogP contribution is 2.39. The molecular weight excluding hydrogens is 234 g/mol. The maximum Gasteiger partial charge on any atom is 0.323 e. The lowest BCUT2D eigenvalue weighted by Crippen LogP contribution is -2.49. The van der Waals surface area contributed by atoms with E-state index in [4.69, 9.17) is 4.74 Å². The molecule has 0 fully saturated rings. The predicted molar refractivity (Wildman–Crippen MR) is 65.8 cm³/mol. The normalized spacial score (nSPS) is 18.6. The van der Waals surface area contributed by atoms with Gasteiger partial charge in [-0.1, -0.05) is 0 Å². The van der Waals surface area contributed by atoms with Crippen LogP contribution < -0.4 is 4.74 Å². The van der Waals surface area contributed by atoms with Crippen molar-refractivity contribution < 1.29 is 19.7 Å². The van der Waals surface area contributed by atoms with Gasteiger partial charge in [0.15, 0.2) is 0 Å². The second-order valence-corrected chi connectivity index (χ2v) is 5.02. The number of carbonyl (C=O) groups is 1. The summed E-state index contributed by atoms with van der Waals surface area (Å²) < 4.78 is 5.49. The Balaban J connectivity index is 2.31. The number of likely N-dealkylation sites (N-methyl/N-ethyl adjacent to an activating group) is 1. The average Bonchev–Trinajstić information content (AvgIpc) is 2.70. The summed E-state index contributed by atoms with van der Waals surface area (Å²) in [5.41, 5.74) is -0.0716. The molecule has 1 aliphatic rings. The second kappa shape index (κ2) is 4.17. The molecule has 98 valence electrons. The third kappa shape index (κ3) is 1.90. The van der Waals surface area contributed by atoms with Crippen LogP contribution >= 0.6 is 0 Å². The minimum atomic E-state index is -0.979. The van der Waals surface area contributed by atoms with Crippen molar-refractivity contribution in [3.8, 4) is 11.5 Å². The van der Waals surface area contributed by atoms with Crippen molar-refractivity contribution >= 4 is 5.97 Å². The van der Waals surface area contributed by atoms with Crippen molar-refractivity contribution in [3.63, 3.8) is 0 Å². The fourth-order valence-corrected chi connectivity index (χ4v) is 2.04. The molecule has 1 aromatic rings. The topological polar surface area (TPSA) is 70.0 Å². The van der Waals surface area contributed by atoms with Gasteiger partial charge in [0.05, 0.1) is 6.04 Å². The Morgan fingerprint density at radius 3 is 2.78 bits per heavy atom. The Labute approximate surface area is 106 Å². The zero-order valence-corrected chi connectivity index (χ0v) is 10.7. The van der Waals surface area contributed by atoms with Crippen molar-refractivity contribution in [2.45, 2.75) is 25.4 Å². The maximum absolute atomic E-state index is 11.3. The SMILES string of the molecule is CN(C1COc2cc(O)ccc21)C(C)(C)C(=O)O.